The minimum atomic E-state index is -2.51. The van der Waals surface area contributed by atoms with Crippen LogP contribution in [-0.2, 0) is 65.9 Å². The van der Waals surface area contributed by atoms with Gasteiger partial charge in [-0.3, -0.25) is 9.59 Å². The lowest BCUT2D eigenvalue weighted by atomic mass is 9.81. The molecule has 442 valence electrons. The fourth-order valence-electron chi connectivity index (χ4n) is 10.8. The zero-order valence-corrected chi connectivity index (χ0v) is 53.6. The van der Waals surface area contributed by atoms with Gasteiger partial charge in [-0.25, -0.2) is 14.6 Å². The molecule has 0 bridgehead atoms. The standard InChI is InChI=1S/C60H105NO14Si2/c1-23-30-71-60(55(63)57(65)70-18)41(6)35-51(68-16)54(73-60)50(67-15)33-39(4)31-38(3)32-44(24-2)46(62)37-48(75-77(21,22)59(11,12)13)42(7)53(72-56(64)45-26-25-27-52(61-45)69-17)40(5)34-43-28-29-47(49(36-43)66-14)74-76(19,20)58(8,9)10/h23,32,34,39,41-45,47-51,53-54H,1,24-31,33,35-37H2,2-22H3/b38-32+,40-34+/t39-,41+,42-,43-,44+,45-,47+,48-,49+,50-,51-,53+,54+,60?/m0/s1. The average Bonchev–Trinajstić information content (AvgIpc) is 3.36. The number of aliphatic imine (C=N–C) groups is 1. The summed E-state index contributed by atoms with van der Waals surface area (Å²) < 4.78 is 61.9. The first-order valence-corrected chi connectivity index (χ1v) is 34.3. The Morgan fingerprint density at radius 2 is 1.51 bits per heavy atom. The van der Waals surface area contributed by atoms with Crippen molar-refractivity contribution in [3.05, 3.63) is 36.0 Å². The van der Waals surface area contributed by atoms with E-state index in [2.05, 4.69) is 105 Å². The SMILES string of the molecule is C=CCOC1(C(=O)C(=O)OC)O[C@H]([C@H](C[C@@H](C)C/C(C)=C/[C@@H](CC)C(=O)C[C@H](O[Si](C)(C)C(C)(C)C)[C@H](C)[C@H](OC(=O)[C@@H]2CCCC(OC)=N2)/C(C)=C/[C@@H]2CC[C@@H](O[Si](C)(C)C(C)(C)C)[C@H](OC)C2)OC)[C@@H](OC)C[C@H]1C. The Bertz CT molecular complexity index is 2040. The Labute approximate surface area is 467 Å². The van der Waals surface area contributed by atoms with E-state index in [1.165, 1.54) is 6.08 Å². The van der Waals surface area contributed by atoms with E-state index in [0.717, 1.165) is 43.9 Å². The van der Waals surface area contributed by atoms with Crippen LogP contribution in [0.1, 0.15) is 154 Å². The number of methoxy groups -OCH3 is 5. The van der Waals surface area contributed by atoms with Crippen molar-refractivity contribution in [1.82, 2.24) is 0 Å². The van der Waals surface area contributed by atoms with Crippen LogP contribution < -0.4 is 0 Å². The number of ketones is 2. The molecule has 2 fully saturated rings. The van der Waals surface area contributed by atoms with Crippen LogP contribution in [0.3, 0.4) is 0 Å². The van der Waals surface area contributed by atoms with Gasteiger partial charge < -0.3 is 46.7 Å². The molecule has 1 unspecified atom stereocenters. The maximum atomic E-state index is 14.9. The summed E-state index contributed by atoms with van der Waals surface area (Å²) in [5.41, 5.74) is 1.96. The van der Waals surface area contributed by atoms with Gasteiger partial charge in [0.2, 0.25) is 5.79 Å². The van der Waals surface area contributed by atoms with Crippen molar-refractivity contribution in [3.63, 3.8) is 0 Å². The lowest BCUT2D eigenvalue weighted by molar-refractivity contribution is -0.316. The Balaban J connectivity index is 1.99. The largest absolute Gasteiger partial charge is 0.484 e. The van der Waals surface area contributed by atoms with Crippen molar-refractivity contribution in [2.45, 2.75) is 245 Å². The molecule has 1 aliphatic carbocycles. The molecule has 1 saturated carbocycles. The minimum Gasteiger partial charge on any atom is -0.484 e. The molecule has 3 aliphatic rings. The number of Topliss-reactive ketones (excluding diaryl/α,β-unsaturated/α-hetero) is 2. The fraction of sp³-hybridized carbons (Fsp3) is 0.817. The highest BCUT2D eigenvalue weighted by molar-refractivity contribution is 6.74. The third kappa shape index (κ3) is 18.3. The van der Waals surface area contributed by atoms with Crippen LogP contribution in [-0.4, -0.2) is 143 Å². The summed E-state index contributed by atoms with van der Waals surface area (Å²) in [6.07, 6.45) is 9.48. The molecule has 0 spiro atoms. The Morgan fingerprint density at radius 3 is 2.05 bits per heavy atom. The summed E-state index contributed by atoms with van der Waals surface area (Å²) in [6.45, 7) is 38.1. The van der Waals surface area contributed by atoms with Crippen molar-refractivity contribution < 1.29 is 65.9 Å². The van der Waals surface area contributed by atoms with Gasteiger partial charge in [-0.2, -0.15) is 0 Å². The van der Waals surface area contributed by atoms with Gasteiger partial charge in [0, 0.05) is 51.9 Å². The van der Waals surface area contributed by atoms with Crippen LogP contribution in [0.15, 0.2) is 40.9 Å². The zero-order chi connectivity index (χ0) is 58.4. The maximum Gasteiger partial charge on any atom is 0.380 e. The summed E-state index contributed by atoms with van der Waals surface area (Å²) in [4.78, 5) is 60.2. The predicted octanol–water partition coefficient (Wildman–Crippen LogP) is 12.1. The smallest absolute Gasteiger partial charge is 0.380 e. The number of hydrogen-bond donors (Lipinski definition) is 0. The van der Waals surface area contributed by atoms with Crippen molar-refractivity contribution in [3.8, 4) is 0 Å². The first kappa shape index (κ1) is 68.4. The molecule has 0 aromatic rings. The van der Waals surface area contributed by atoms with Crippen molar-refractivity contribution in [2.24, 2.45) is 34.6 Å². The normalized spacial score (nSPS) is 27.5. The van der Waals surface area contributed by atoms with E-state index < -0.39 is 94.5 Å². The van der Waals surface area contributed by atoms with Crippen LogP contribution in [0, 0.1) is 29.6 Å². The van der Waals surface area contributed by atoms with Crippen LogP contribution in [0.25, 0.3) is 0 Å². The molecule has 15 nitrogen and oxygen atoms in total. The molecular formula is C60H105NO14Si2. The summed E-state index contributed by atoms with van der Waals surface area (Å²) in [5, 5.41) is -0.101. The van der Waals surface area contributed by atoms with E-state index in [0.29, 0.717) is 44.4 Å². The molecule has 77 heavy (non-hydrogen) atoms. The van der Waals surface area contributed by atoms with Gasteiger partial charge in [0.25, 0.3) is 5.78 Å². The van der Waals surface area contributed by atoms with Gasteiger partial charge in [0.1, 0.15) is 18.0 Å². The molecule has 17 heteroatoms. The highest BCUT2D eigenvalue weighted by Gasteiger charge is 2.58. The number of allylic oxidation sites excluding steroid dienone is 3. The monoisotopic (exact) mass is 1120 g/mol. The van der Waals surface area contributed by atoms with Gasteiger partial charge in [0.15, 0.2) is 28.6 Å². The number of hydrogen-bond acceptors (Lipinski definition) is 15. The summed E-state index contributed by atoms with van der Waals surface area (Å²) >= 11 is 0. The van der Waals surface area contributed by atoms with Gasteiger partial charge in [0.05, 0.1) is 51.3 Å². The molecule has 0 amide bonds. The van der Waals surface area contributed by atoms with Gasteiger partial charge in [-0.15, -0.1) is 6.58 Å². The fourth-order valence-corrected chi connectivity index (χ4v) is 13.6. The summed E-state index contributed by atoms with van der Waals surface area (Å²) in [5.74, 6) is -4.89. The van der Waals surface area contributed by atoms with E-state index in [1.807, 2.05) is 20.8 Å². The lowest BCUT2D eigenvalue weighted by Gasteiger charge is -2.48. The molecule has 0 aromatic carbocycles. The van der Waals surface area contributed by atoms with E-state index in [9.17, 15) is 19.2 Å². The van der Waals surface area contributed by atoms with Gasteiger partial charge in [-0.1, -0.05) is 93.0 Å². The van der Waals surface area contributed by atoms with Gasteiger partial charge >= 0.3 is 11.9 Å². The minimum absolute atomic E-state index is 0.00176. The quantitative estimate of drug-likeness (QED) is 0.0313. The van der Waals surface area contributed by atoms with E-state index >= 15 is 0 Å². The third-order valence-electron chi connectivity index (χ3n) is 17.5. The number of carbonyl (C=O) groups excluding carboxylic acids is 4. The number of nitrogens with zero attached hydrogens (tertiary/aromatic N) is 1. The Kier molecular flexibility index (Phi) is 26.4. The molecule has 0 N–H and O–H groups in total. The second kappa shape index (κ2) is 29.7. The van der Waals surface area contributed by atoms with Crippen molar-refractivity contribution in [2.75, 3.05) is 42.2 Å². The van der Waals surface area contributed by atoms with E-state index in [4.69, 9.17) is 46.7 Å². The number of esters is 2. The molecule has 2 aliphatic heterocycles. The second-order valence-electron chi connectivity index (χ2n) is 25.5. The molecule has 0 radical (unpaired) electrons. The number of rotatable bonds is 28. The first-order chi connectivity index (χ1) is 35.8. The number of carbonyl (C=O) groups is 4. The number of ether oxygens (including phenoxy) is 8. The first-order valence-electron chi connectivity index (χ1n) is 28.5. The van der Waals surface area contributed by atoms with E-state index in [-0.39, 0.29) is 52.9 Å². The predicted molar refractivity (Wildman–Crippen MR) is 309 cm³/mol. The second-order valence-corrected chi connectivity index (χ2v) is 35.1. The highest BCUT2D eigenvalue weighted by atomic mass is 28.4. The van der Waals surface area contributed by atoms with Crippen LogP contribution in [0.5, 0.6) is 0 Å². The summed E-state index contributed by atoms with van der Waals surface area (Å²) in [6, 6.07) is -0.691. The highest BCUT2D eigenvalue weighted by Crippen LogP contribution is 2.44. The van der Waals surface area contributed by atoms with Gasteiger partial charge in [-0.05, 0) is 125 Å². The molecule has 3 rings (SSSR count). The van der Waals surface area contributed by atoms with Crippen LogP contribution >= 0.6 is 0 Å². The van der Waals surface area contributed by atoms with Crippen LogP contribution in [0.4, 0.5) is 0 Å². The lowest BCUT2D eigenvalue weighted by Crippen LogP contribution is -2.63. The molecular weight excluding hydrogens is 1010 g/mol. The van der Waals surface area contributed by atoms with Crippen molar-refractivity contribution >= 4 is 46.0 Å². The van der Waals surface area contributed by atoms with Crippen LogP contribution in [0.2, 0.25) is 36.3 Å². The molecule has 2 heterocycles. The van der Waals surface area contributed by atoms with E-state index in [1.54, 1.807) is 35.4 Å². The zero-order valence-electron chi connectivity index (χ0n) is 51.6. The average molecular weight is 1120 g/mol. The Hall–Kier alpha value is -2.88. The third-order valence-corrected chi connectivity index (χ3v) is 26.6. The van der Waals surface area contributed by atoms with Crippen molar-refractivity contribution in [1.29, 1.82) is 0 Å². The topological polar surface area (TPSA) is 173 Å². The molecule has 14 atom stereocenters. The molecule has 0 aromatic heterocycles. The Morgan fingerprint density at radius 1 is 0.870 bits per heavy atom. The summed E-state index contributed by atoms with van der Waals surface area (Å²) in [7, 11) is 3.12. The maximum absolute atomic E-state index is 14.9. The molecule has 1 saturated heterocycles.